The second kappa shape index (κ2) is 4.22. The SMILES string of the molecule is CC1CCC(C)(C2CCCCC2)CN1. The van der Waals surface area contributed by atoms with Crippen LogP contribution >= 0.6 is 0 Å². The summed E-state index contributed by atoms with van der Waals surface area (Å²) in [6.45, 7) is 6.10. The molecule has 1 saturated carbocycles. The van der Waals surface area contributed by atoms with Crippen molar-refractivity contribution in [3.8, 4) is 0 Å². The van der Waals surface area contributed by atoms with Gasteiger partial charge < -0.3 is 5.32 Å². The van der Waals surface area contributed by atoms with Crippen molar-refractivity contribution in [2.75, 3.05) is 6.54 Å². The lowest BCUT2D eigenvalue weighted by atomic mass is 9.66. The second-order valence-electron chi connectivity index (χ2n) is 5.81. The van der Waals surface area contributed by atoms with Crippen LogP contribution in [0.2, 0.25) is 0 Å². The molecule has 0 aromatic rings. The van der Waals surface area contributed by atoms with E-state index in [0.717, 1.165) is 12.0 Å². The third-order valence-corrected chi connectivity index (χ3v) is 4.59. The number of piperidine rings is 1. The molecule has 1 heterocycles. The predicted molar refractivity (Wildman–Crippen MR) is 61.4 cm³/mol. The Morgan fingerprint density at radius 1 is 1.07 bits per heavy atom. The maximum absolute atomic E-state index is 3.67. The van der Waals surface area contributed by atoms with Gasteiger partial charge in [0.2, 0.25) is 0 Å². The normalized spacial score (nSPS) is 41.1. The molecule has 2 unspecified atom stereocenters. The number of nitrogens with one attached hydrogen (secondary N) is 1. The van der Waals surface area contributed by atoms with Gasteiger partial charge in [-0.2, -0.15) is 0 Å². The average molecular weight is 195 g/mol. The van der Waals surface area contributed by atoms with E-state index in [1.165, 1.54) is 51.5 Å². The lowest BCUT2D eigenvalue weighted by Gasteiger charge is -2.44. The van der Waals surface area contributed by atoms with Gasteiger partial charge in [0.25, 0.3) is 0 Å². The number of rotatable bonds is 1. The van der Waals surface area contributed by atoms with Crippen molar-refractivity contribution >= 4 is 0 Å². The second-order valence-corrected chi connectivity index (χ2v) is 5.81. The van der Waals surface area contributed by atoms with E-state index in [4.69, 9.17) is 0 Å². The first-order valence-corrected chi connectivity index (χ1v) is 6.44. The van der Waals surface area contributed by atoms with Crippen LogP contribution in [-0.4, -0.2) is 12.6 Å². The van der Waals surface area contributed by atoms with Gasteiger partial charge in [0.15, 0.2) is 0 Å². The van der Waals surface area contributed by atoms with Gasteiger partial charge in [0.1, 0.15) is 0 Å². The number of hydrogen-bond acceptors (Lipinski definition) is 1. The van der Waals surface area contributed by atoms with E-state index in [-0.39, 0.29) is 0 Å². The van der Waals surface area contributed by atoms with Crippen molar-refractivity contribution in [2.45, 2.75) is 64.8 Å². The fourth-order valence-electron chi connectivity index (χ4n) is 3.29. The molecule has 1 aliphatic carbocycles. The summed E-state index contributed by atoms with van der Waals surface area (Å²) < 4.78 is 0. The van der Waals surface area contributed by atoms with E-state index in [2.05, 4.69) is 19.2 Å². The Morgan fingerprint density at radius 2 is 1.79 bits per heavy atom. The number of hydrogen-bond donors (Lipinski definition) is 1. The van der Waals surface area contributed by atoms with Gasteiger partial charge in [-0.3, -0.25) is 0 Å². The van der Waals surface area contributed by atoms with Gasteiger partial charge in [-0.05, 0) is 43.9 Å². The van der Waals surface area contributed by atoms with Gasteiger partial charge >= 0.3 is 0 Å². The molecule has 0 spiro atoms. The van der Waals surface area contributed by atoms with Crippen LogP contribution in [0, 0.1) is 11.3 Å². The molecule has 1 saturated heterocycles. The van der Waals surface area contributed by atoms with Gasteiger partial charge in [-0.1, -0.05) is 26.2 Å². The molecule has 0 radical (unpaired) electrons. The highest BCUT2D eigenvalue weighted by Crippen LogP contribution is 2.43. The van der Waals surface area contributed by atoms with Gasteiger partial charge in [0.05, 0.1) is 0 Å². The van der Waals surface area contributed by atoms with Crippen LogP contribution < -0.4 is 5.32 Å². The quantitative estimate of drug-likeness (QED) is 0.676. The fourth-order valence-corrected chi connectivity index (χ4v) is 3.29. The molecule has 0 amide bonds. The molecule has 2 aliphatic rings. The van der Waals surface area contributed by atoms with E-state index in [0.29, 0.717) is 5.41 Å². The Labute approximate surface area is 88.7 Å². The highest BCUT2D eigenvalue weighted by Gasteiger charge is 2.37. The average Bonchev–Trinajstić information content (AvgIpc) is 2.24. The Bertz CT molecular complexity index is 174. The summed E-state index contributed by atoms with van der Waals surface area (Å²) in [4.78, 5) is 0. The zero-order valence-electron chi connectivity index (χ0n) is 9.81. The Morgan fingerprint density at radius 3 is 2.36 bits per heavy atom. The highest BCUT2D eigenvalue weighted by atomic mass is 14.9. The summed E-state index contributed by atoms with van der Waals surface area (Å²) in [7, 11) is 0. The Balaban J connectivity index is 1.93. The fraction of sp³-hybridized carbons (Fsp3) is 1.00. The van der Waals surface area contributed by atoms with Crippen LogP contribution in [0.5, 0.6) is 0 Å². The predicted octanol–water partition coefficient (Wildman–Crippen LogP) is 3.34. The van der Waals surface area contributed by atoms with Crippen molar-refractivity contribution in [3.05, 3.63) is 0 Å². The van der Waals surface area contributed by atoms with Crippen molar-refractivity contribution in [1.82, 2.24) is 5.32 Å². The minimum Gasteiger partial charge on any atom is -0.314 e. The van der Waals surface area contributed by atoms with Crippen molar-refractivity contribution in [3.63, 3.8) is 0 Å². The maximum atomic E-state index is 3.67. The molecular weight excluding hydrogens is 170 g/mol. The molecule has 1 aliphatic heterocycles. The summed E-state index contributed by atoms with van der Waals surface area (Å²) in [6.07, 6.45) is 10.3. The van der Waals surface area contributed by atoms with Crippen molar-refractivity contribution < 1.29 is 0 Å². The lowest BCUT2D eigenvalue weighted by Crippen LogP contribution is -2.47. The molecule has 82 valence electrons. The maximum Gasteiger partial charge on any atom is 0.00391 e. The molecule has 2 fully saturated rings. The monoisotopic (exact) mass is 195 g/mol. The minimum atomic E-state index is 0.618. The van der Waals surface area contributed by atoms with E-state index in [1.54, 1.807) is 0 Å². The smallest absolute Gasteiger partial charge is 0.00391 e. The summed E-state index contributed by atoms with van der Waals surface area (Å²) >= 11 is 0. The molecule has 1 N–H and O–H groups in total. The summed E-state index contributed by atoms with van der Waals surface area (Å²) in [5.41, 5.74) is 0.618. The first kappa shape index (κ1) is 10.5. The zero-order valence-corrected chi connectivity index (χ0v) is 9.81. The van der Waals surface area contributed by atoms with Crippen molar-refractivity contribution in [2.24, 2.45) is 11.3 Å². The first-order chi connectivity index (χ1) is 6.71. The molecule has 0 bridgehead atoms. The Hall–Kier alpha value is -0.0400. The molecular formula is C13H25N. The topological polar surface area (TPSA) is 12.0 Å². The van der Waals surface area contributed by atoms with Gasteiger partial charge in [-0.25, -0.2) is 0 Å². The molecule has 2 rings (SSSR count). The molecule has 0 aromatic heterocycles. The van der Waals surface area contributed by atoms with Crippen LogP contribution in [-0.2, 0) is 0 Å². The Kier molecular flexibility index (Phi) is 3.16. The first-order valence-electron chi connectivity index (χ1n) is 6.44. The van der Waals surface area contributed by atoms with E-state index in [1.807, 2.05) is 0 Å². The summed E-state index contributed by atoms with van der Waals surface area (Å²) in [5, 5.41) is 3.67. The van der Waals surface area contributed by atoms with Gasteiger partial charge in [0, 0.05) is 12.6 Å². The van der Waals surface area contributed by atoms with Crippen LogP contribution in [0.3, 0.4) is 0 Å². The summed E-state index contributed by atoms with van der Waals surface area (Å²) in [6, 6.07) is 0.756. The minimum absolute atomic E-state index is 0.618. The van der Waals surface area contributed by atoms with Crippen LogP contribution in [0.1, 0.15) is 58.8 Å². The molecule has 2 atom stereocenters. The van der Waals surface area contributed by atoms with Crippen LogP contribution in [0.4, 0.5) is 0 Å². The van der Waals surface area contributed by atoms with E-state index >= 15 is 0 Å². The third-order valence-electron chi connectivity index (χ3n) is 4.59. The standard InChI is InChI=1S/C13H25N/c1-11-8-9-13(2,10-14-11)12-6-4-3-5-7-12/h11-12,14H,3-10H2,1-2H3. The van der Waals surface area contributed by atoms with Crippen LogP contribution in [0.15, 0.2) is 0 Å². The van der Waals surface area contributed by atoms with E-state index in [9.17, 15) is 0 Å². The molecule has 1 nitrogen and oxygen atoms in total. The van der Waals surface area contributed by atoms with Gasteiger partial charge in [-0.15, -0.1) is 0 Å². The van der Waals surface area contributed by atoms with Crippen LogP contribution in [0.25, 0.3) is 0 Å². The molecule has 1 heteroatoms. The third kappa shape index (κ3) is 2.13. The lowest BCUT2D eigenvalue weighted by molar-refractivity contribution is 0.0888. The summed E-state index contributed by atoms with van der Waals surface area (Å²) in [5.74, 6) is 1.01. The highest BCUT2D eigenvalue weighted by molar-refractivity contribution is 4.90. The molecule has 14 heavy (non-hydrogen) atoms. The van der Waals surface area contributed by atoms with E-state index < -0.39 is 0 Å². The molecule has 0 aromatic carbocycles. The zero-order chi connectivity index (χ0) is 10.0. The van der Waals surface area contributed by atoms with Crippen molar-refractivity contribution in [1.29, 1.82) is 0 Å². The largest absolute Gasteiger partial charge is 0.314 e.